The molecule has 0 aliphatic heterocycles. The predicted molar refractivity (Wildman–Crippen MR) is 59.5 cm³/mol. The van der Waals surface area contributed by atoms with E-state index < -0.39 is 6.04 Å². The Morgan fingerprint density at radius 3 is 3.00 bits per heavy atom. The van der Waals surface area contributed by atoms with Crippen LogP contribution in [0, 0.1) is 0 Å². The molecule has 1 aromatic carbocycles. The van der Waals surface area contributed by atoms with Gasteiger partial charge in [0.25, 0.3) is 0 Å². The van der Waals surface area contributed by atoms with E-state index in [1.165, 1.54) is 0 Å². The summed E-state index contributed by atoms with van der Waals surface area (Å²) in [4.78, 5) is 14.7. The van der Waals surface area contributed by atoms with Gasteiger partial charge in [-0.25, -0.2) is 0 Å². The van der Waals surface area contributed by atoms with Crippen molar-refractivity contribution in [2.45, 2.75) is 12.5 Å². The van der Waals surface area contributed by atoms with Gasteiger partial charge in [-0.2, -0.15) is 0 Å². The second kappa shape index (κ2) is 4.19. The first-order chi connectivity index (χ1) is 7.29. The Labute approximate surface area is 87.9 Å². The molecule has 2 rings (SSSR count). The summed E-state index contributed by atoms with van der Waals surface area (Å²) in [5.41, 5.74) is 7.51. The molecule has 0 bridgehead atoms. The number of hydrogen-bond donors (Lipinski definition) is 1. The van der Waals surface area contributed by atoms with E-state index in [0.29, 0.717) is 6.42 Å². The third kappa shape index (κ3) is 2.19. The molecule has 76 valence electrons. The molecule has 0 saturated carbocycles. The number of pyridine rings is 1. The number of aldehydes is 1. The van der Waals surface area contributed by atoms with Crippen LogP contribution in [0.1, 0.15) is 5.56 Å². The monoisotopic (exact) mass is 200 g/mol. The number of fused-ring (bicyclic) bond motifs is 1. The molecule has 1 heterocycles. The van der Waals surface area contributed by atoms with E-state index in [9.17, 15) is 4.79 Å². The average Bonchev–Trinajstić information content (AvgIpc) is 2.29. The lowest BCUT2D eigenvalue weighted by Crippen LogP contribution is -2.24. The normalized spacial score (nSPS) is 12.6. The highest BCUT2D eigenvalue weighted by molar-refractivity contribution is 5.78. The molecular formula is C12H12N2O. The van der Waals surface area contributed by atoms with Crippen LogP contribution in [0.15, 0.2) is 36.5 Å². The summed E-state index contributed by atoms with van der Waals surface area (Å²) in [6.45, 7) is 0. The second-order valence-electron chi connectivity index (χ2n) is 3.54. The number of carbonyl (C=O) groups is 1. The number of nitrogens with two attached hydrogens (primary N) is 1. The minimum Gasteiger partial charge on any atom is -0.321 e. The Hall–Kier alpha value is -1.74. The maximum absolute atomic E-state index is 10.4. The predicted octanol–water partition coefficient (Wildman–Crippen LogP) is 1.30. The third-order valence-electron chi connectivity index (χ3n) is 2.29. The van der Waals surface area contributed by atoms with Crippen LogP contribution in [-0.2, 0) is 11.2 Å². The molecule has 2 N–H and O–H groups in total. The highest BCUT2D eigenvalue weighted by Crippen LogP contribution is 2.13. The summed E-state index contributed by atoms with van der Waals surface area (Å²) >= 11 is 0. The van der Waals surface area contributed by atoms with Crippen molar-refractivity contribution < 1.29 is 4.79 Å². The molecule has 3 heteroatoms. The zero-order valence-corrected chi connectivity index (χ0v) is 8.26. The largest absolute Gasteiger partial charge is 0.321 e. The number of rotatable bonds is 3. The summed E-state index contributed by atoms with van der Waals surface area (Å²) in [6, 6.07) is 9.45. The molecule has 1 aromatic heterocycles. The molecular weight excluding hydrogens is 188 g/mol. The zero-order chi connectivity index (χ0) is 10.7. The van der Waals surface area contributed by atoms with E-state index in [-0.39, 0.29) is 0 Å². The summed E-state index contributed by atoms with van der Waals surface area (Å²) < 4.78 is 0. The van der Waals surface area contributed by atoms with Crippen molar-refractivity contribution in [3.63, 3.8) is 0 Å². The first-order valence-corrected chi connectivity index (χ1v) is 4.84. The SMILES string of the molecule is N[C@H](C=O)Cc1cnc2ccccc2c1. The van der Waals surface area contributed by atoms with Gasteiger partial charge in [-0.1, -0.05) is 18.2 Å². The van der Waals surface area contributed by atoms with Crippen LogP contribution in [0.5, 0.6) is 0 Å². The molecule has 0 aliphatic rings. The van der Waals surface area contributed by atoms with Crippen molar-refractivity contribution in [3.05, 3.63) is 42.1 Å². The van der Waals surface area contributed by atoms with Gasteiger partial charge in [0.05, 0.1) is 11.6 Å². The Morgan fingerprint density at radius 1 is 1.40 bits per heavy atom. The van der Waals surface area contributed by atoms with Gasteiger partial charge in [0, 0.05) is 11.6 Å². The number of para-hydroxylation sites is 1. The van der Waals surface area contributed by atoms with Gasteiger partial charge in [-0.05, 0) is 24.1 Å². The highest BCUT2D eigenvalue weighted by atomic mass is 16.1. The zero-order valence-electron chi connectivity index (χ0n) is 8.26. The first kappa shape index (κ1) is 9.80. The number of aromatic nitrogens is 1. The maximum Gasteiger partial charge on any atom is 0.137 e. The minimum atomic E-state index is -0.437. The number of benzene rings is 1. The lowest BCUT2D eigenvalue weighted by molar-refractivity contribution is -0.108. The van der Waals surface area contributed by atoms with Gasteiger partial charge in [-0.15, -0.1) is 0 Å². The van der Waals surface area contributed by atoms with E-state index in [2.05, 4.69) is 4.98 Å². The van der Waals surface area contributed by atoms with Crippen molar-refractivity contribution in [2.24, 2.45) is 5.73 Å². The highest BCUT2D eigenvalue weighted by Gasteiger charge is 2.03. The Morgan fingerprint density at radius 2 is 2.20 bits per heavy atom. The van der Waals surface area contributed by atoms with Crippen LogP contribution in [0.3, 0.4) is 0 Å². The molecule has 0 unspecified atom stereocenters. The fourth-order valence-electron chi connectivity index (χ4n) is 1.55. The van der Waals surface area contributed by atoms with Crippen LogP contribution in [0.2, 0.25) is 0 Å². The van der Waals surface area contributed by atoms with Gasteiger partial charge in [0.2, 0.25) is 0 Å². The summed E-state index contributed by atoms with van der Waals surface area (Å²) in [5.74, 6) is 0. The van der Waals surface area contributed by atoms with Crippen LogP contribution < -0.4 is 5.73 Å². The third-order valence-corrected chi connectivity index (χ3v) is 2.29. The van der Waals surface area contributed by atoms with Crippen LogP contribution >= 0.6 is 0 Å². The van der Waals surface area contributed by atoms with E-state index in [0.717, 1.165) is 22.8 Å². The van der Waals surface area contributed by atoms with Crippen molar-refractivity contribution in [3.8, 4) is 0 Å². The van der Waals surface area contributed by atoms with E-state index >= 15 is 0 Å². The minimum absolute atomic E-state index is 0.437. The summed E-state index contributed by atoms with van der Waals surface area (Å²) in [6.07, 6.45) is 3.07. The lowest BCUT2D eigenvalue weighted by Gasteiger charge is -2.04. The molecule has 0 amide bonds. The smallest absolute Gasteiger partial charge is 0.137 e. The van der Waals surface area contributed by atoms with Crippen molar-refractivity contribution in [2.75, 3.05) is 0 Å². The van der Waals surface area contributed by atoms with Crippen molar-refractivity contribution >= 4 is 17.2 Å². The molecule has 0 aliphatic carbocycles. The standard InChI is InChI=1S/C12H12N2O/c13-11(8-15)6-9-5-10-3-1-2-4-12(10)14-7-9/h1-5,7-8,11H,6,13H2/t11-/m0/s1. The van der Waals surface area contributed by atoms with Crippen molar-refractivity contribution in [1.82, 2.24) is 4.98 Å². The Bertz CT molecular complexity index is 482. The topological polar surface area (TPSA) is 56.0 Å². The molecule has 3 nitrogen and oxygen atoms in total. The van der Waals surface area contributed by atoms with E-state index in [4.69, 9.17) is 5.73 Å². The number of hydrogen-bond acceptors (Lipinski definition) is 3. The Balaban J connectivity index is 2.34. The Kier molecular flexibility index (Phi) is 2.74. The molecule has 0 spiro atoms. The fourth-order valence-corrected chi connectivity index (χ4v) is 1.55. The van der Waals surface area contributed by atoms with E-state index in [1.54, 1.807) is 6.20 Å². The van der Waals surface area contributed by atoms with Crippen LogP contribution in [0.4, 0.5) is 0 Å². The average molecular weight is 200 g/mol. The van der Waals surface area contributed by atoms with E-state index in [1.807, 2.05) is 30.3 Å². The van der Waals surface area contributed by atoms with Gasteiger partial charge in [-0.3, -0.25) is 4.98 Å². The van der Waals surface area contributed by atoms with Crippen LogP contribution in [0.25, 0.3) is 10.9 Å². The maximum atomic E-state index is 10.4. The van der Waals surface area contributed by atoms with Gasteiger partial charge in [0.15, 0.2) is 0 Å². The fraction of sp³-hybridized carbons (Fsp3) is 0.167. The van der Waals surface area contributed by atoms with Gasteiger partial charge < -0.3 is 10.5 Å². The number of carbonyl (C=O) groups excluding carboxylic acids is 1. The quantitative estimate of drug-likeness (QED) is 0.760. The number of nitrogens with zero attached hydrogens (tertiary/aromatic N) is 1. The molecule has 0 fully saturated rings. The second-order valence-corrected chi connectivity index (χ2v) is 3.54. The van der Waals surface area contributed by atoms with Gasteiger partial charge >= 0.3 is 0 Å². The molecule has 15 heavy (non-hydrogen) atoms. The lowest BCUT2D eigenvalue weighted by atomic mass is 10.1. The summed E-state index contributed by atoms with van der Waals surface area (Å²) in [5, 5.41) is 1.08. The molecule has 2 aromatic rings. The van der Waals surface area contributed by atoms with Gasteiger partial charge in [0.1, 0.15) is 6.29 Å². The molecule has 0 radical (unpaired) electrons. The molecule has 0 saturated heterocycles. The summed E-state index contributed by atoms with van der Waals surface area (Å²) in [7, 11) is 0. The van der Waals surface area contributed by atoms with Crippen molar-refractivity contribution in [1.29, 1.82) is 0 Å². The van der Waals surface area contributed by atoms with Crippen LogP contribution in [-0.4, -0.2) is 17.3 Å². The molecule has 1 atom stereocenters. The first-order valence-electron chi connectivity index (χ1n) is 4.84.